The number of hydrogen-bond donors (Lipinski definition) is 0. The highest BCUT2D eigenvalue weighted by atomic mass is 16.5. The summed E-state index contributed by atoms with van der Waals surface area (Å²) in [6, 6.07) is 81.7. The van der Waals surface area contributed by atoms with Crippen LogP contribution in [0.2, 0.25) is 0 Å². The van der Waals surface area contributed by atoms with E-state index in [1.807, 2.05) is 24.3 Å². The molecule has 0 amide bonds. The SMILES string of the molecule is Cc1ccc([N+]2=C=[N+](c3cccc(Oc4cccc([N+]5=C=[N+](c6c(-c7ccccc7)cccc6-c6ccccc6)c6c5ccc5ccccc65)c4)c3)c3ccccc32)cc1. The summed E-state index contributed by atoms with van der Waals surface area (Å²) < 4.78 is 15.3. The standard InChI is InChI=1S/C55H38N4O/c1-39-29-32-43(33-30-39)56-37-57(52-28-11-10-27-51(52)56)44-20-12-22-46(35-44)60-47-23-13-21-45(36-47)58-38-59(55-50-24-9-8-19-42(50)31-34-53(55)58)54-48(40-15-4-2-5-16-40)25-14-26-49(54)41-17-6-3-7-18-41/h2-36H,1H3/q+4. The van der Waals surface area contributed by atoms with Crippen LogP contribution in [0.4, 0.5) is 45.5 Å². The summed E-state index contributed by atoms with van der Waals surface area (Å²) in [6.45, 7) is 2.10. The fraction of sp³-hybridized carbons (Fsp3) is 0.0182. The van der Waals surface area contributed by atoms with Gasteiger partial charge in [-0.05, 0) is 78.1 Å². The van der Waals surface area contributed by atoms with Gasteiger partial charge in [0.05, 0.1) is 28.6 Å². The molecule has 0 radical (unpaired) electrons. The van der Waals surface area contributed by atoms with E-state index in [4.69, 9.17) is 4.74 Å². The van der Waals surface area contributed by atoms with Crippen LogP contribution in [0.15, 0.2) is 212 Å². The average Bonchev–Trinajstić information content (AvgIpc) is 3.90. The van der Waals surface area contributed by atoms with E-state index in [-0.39, 0.29) is 0 Å². The topological polar surface area (TPSA) is 21.3 Å². The molecule has 0 aromatic heterocycles. The number of fused-ring (bicyclic) bond motifs is 4. The Morgan fingerprint density at radius 3 is 1.52 bits per heavy atom. The Morgan fingerprint density at radius 2 is 0.883 bits per heavy atom. The molecular formula is C55H38N4O+4. The van der Waals surface area contributed by atoms with E-state index >= 15 is 0 Å². The van der Waals surface area contributed by atoms with Gasteiger partial charge in [-0.15, -0.1) is 0 Å². The molecule has 5 nitrogen and oxygen atoms in total. The highest BCUT2D eigenvalue weighted by molar-refractivity contribution is 6.06. The Morgan fingerprint density at radius 1 is 0.367 bits per heavy atom. The van der Waals surface area contributed by atoms with Crippen LogP contribution in [-0.4, -0.2) is 12.0 Å². The van der Waals surface area contributed by atoms with Gasteiger partial charge < -0.3 is 4.74 Å². The number of aryl methyl sites for hydroxylation is 1. The zero-order valence-corrected chi connectivity index (χ0v) is 32.9. The summed E-state index contributed by atoms with van der Waals surface area (Å²) in [6.07, 6.45) is 0. The molecule has 0 atom stereocenters. The lowest BCUT2D eigenvalue weighted by Crippen LogP contribution is -2.05. The second-order valence-electron chi connectivity index (χ2n) is 15.1. The van der Waals surface area contributed by atoms with Crippen LogP contribution in [0.25, 0.3) is 33.0 Å². The number of hydrogen-bond acceptors (Lipinski definition) is 1. The van der Waals surface area contributed by atoms with Crippen molar-refractivity contribution in [1.82, 2.24) is 18.3 Å². The lowest BCUT2D eigenvalue weighted by molar-refractivity contribution is 0.482. The molecule has 0 fully saturated rings. The van der Waals surface area contributed by atoms with Crippen molar-refractivity contribution in [2.75, 3.05) is 0 Å². The van der Waals surface area contributed by atoms with Crippen LogP contribution >= 0.6 is 0 Å². The second kappa shape index (κ2) is 14.6. The van der Waals surface area contributed by atoms with Gasteiger partial charge in [0.2, 0.25) is 22.7 Å². The maximum atomic E-state index is 6.68. The molecule has 0 unspecified atom stereocenters. The molecule has 0 aliphatic carbocycles. The number of rotatable bonds is 8. The fourth-order valence-electron chi connectivity index (χ4n) is 8.35. The maximum absolute atomic E-state index is 6.68. The number of nitrogens with zero attached hydrogens (tertiary/aromatic N) is 4. The van der Waals surface area contributed by atoms with Crippen molar-refractivity contribution in [2.45, 2.75) is 6.92 Å². The normalized spacial score (nSPS) is 12.6. The smallest absolute Gasteiger partial charge is 0.457 e. The van der Waals surface area contributed by atoms with Crippen molar-refractivity contribution >= 4 is 68.3 Å². The average molecular weight is 771 g/mol. The number of para-hydroxylation sites is 3. The van der Waals surface area contributed by atoms with Crippen molar-refractivity contribution in [2.24, 2.45) is 0 Å². The molecule has 0 saturated carbocycles. The van der Waals surface area contributed by atoms with Crippen molar-refractivity contribution in [3.05, 3.63) is 218 Å². The van der Waals surface area contributed by atoms with E-state index < -0.39 is 0 Å². The molecule has 0 N–H and O–H groups in total. The van der Waals surface area contributed by atoms with E-state index in [0.29, 0.717) is 0 Å². The lowest BCUT2D eigenvalue weighted by atomic mass is 9.95. The molecule has 280 valence electrons. The summed E-state index contributed by atoms with van der Waals surface area (Å²) >= 11 is 0. The predicted octanol–water partition coefficient (Wildman–Crippen LogP) is 14.0. The van der Waals surface area contributed by atoms with Gasteiger partial charge in [0.15, 0.2) is 0 Å². The largest absolute Gasteiger partial charge is 0.503 e. The van der Waals surface area contributed by atoms with E-state index in [2.05, 4.69) is 225 Å². The first kappa shape index (κ1) is 35.0. The van der Waals surface area contributed by atoms with Gasteiger partial charge in [0.25, 0.3) is 17.1 Å². The second-order valence-corrected chi connectivity index (χ2v) is 15.1. The maximum Gasteiger partial charge on any atom is 0.503 e. The molecule has 2 heterocycles. The highest BCUT2D eigenvalue weighted by Crippen LogP contribution is 2.47. The van der Waals surface area contributed by atoms with Gasteiger partial charge >= 0.3 is 17.7 Å². The van der Waals surface area contributed by atoms with Gasteiger partial charge in [0.1, 0.15) is 11.5 Å². The molecule has 0 bridgehead atoms. The molecule has 9 aromatic rings. The predicted molar refractivity (Wildman–Crippen MR) is 248 cm³/mol. The Labute approximate surface area is 348 Å². The van der Waals surface area contributed by atoms with E-state index in [1.54, 1.807) is 0 Å². The van der Waals surface area contributed by atoms with Gasteiger partial charge in [-0.1, -0.05) is 127 Å². The van der Waals surface area contributed by atoms with Crippen molar-refractivity contribution in [3.8, 4) is 33.8 Å². The van der Waals surface area contributed by atoms with Gasteiger partial charge in [0, 0.05) is 42.5 Å². The molecule has 11 rings (SSSR count). The van der Waals surface area contributed by atoms with Crippen LogP contribution < -0.4 is 23.0 Å². The summed E-state index contributed by atoms with van der Waals surface area (Å²) in [5.41, 5.74) is 14.0. The van der Waals surface area contributed by atoms with Crippen LogP contribution in [0, 0.1) is 6.92 Å². The molecule has 9 aromatic carbocycles. The Bertz CT molecular complexity index is 3240. The molecular weight excluding hydrogens is 733 g/mol. The Balaban J connectivity index is 1.04. The van der Waals surface area contributed by atoms with Crippen molar-refractivity contribution < 1.29 is 4.74 Å². The third-order valence-corrected chi connectivity index (χ3v) is 11.2. The first-order chi connectivity index (χ1) is 29.7. The Kier molecular flexibility index (Phi) is 8.53. The van der Waals surface area contributed by atoms with Crippen LogP contribution in [0.1, 0.15) is 5.56 Å². The van der Waals surface area contributed by atoms with Gasteiger partial charge in [-0.2, -0.15) is 0 Å². The Hall–Kier alpha value is -8.20. The third-order valence-electron chi connectivity index (χ3n) is 11.2. The first-order valence-corrected chi connectivity index (χ1v) is 20.2. The van der Waals surface area contributed by atoms with Crippen LogP contribution in [-0.2, 0) is 0 Å². The van der Waals surface area contributed by atoms with Crippen molar-refractivity contribution in [1.29, 1.82) is 0 Å². The van der Waals surface area contributed by atoms with E-state index in [0.717, 1.165) is 90.0 Å². The number of benzene rings is 9. The van der Waals surface area contributed by atoms with Gasteiger partial charge in [-0.3, -0.25) is 0 Å². The fourth-order valence-corrected chi connectivity index (χ4v) is 8.35. The lowest BCUT2D eigenvalue weighted by Gasteiger charge is -2.11. The number of ether oxygens (including phenoxy) is 1. The minimum atomic E-state index is 0.720. The summed E-state index contributed by atoms with van der Waals surface area (Å²) in [5, 5.41) is 2.31. The van der Waals surface area contributed by atoms with E-state index in [1.165, 1.54) is 5.56 Å². The molecule has 2 aliphatic heterocycles. The summed E-state index contributed by atoms with van der Waals surface area (Å²) in [4.78, 5) is 0. The monoisotopic (exact) mass is 770 g/mol. The summed E-state index contributed by atoms with van der Waals surface area (Å²) in [5.74, 6) is 1.45. The molecule has 2 aliphatic rings. The van der Waals surface area contributed by atoms with Gasteiger partial charge in [-0.25, -0.2) is 0 Å². The first-order valence-electron chi connectivity index (χ1n) is 20.2. The third kappa shape index (κ3) is 6.16. The quantitative estimate of drug-likeness (QED) is 0.141. The van der Waals surface area contributed by atoms with Crippen LogP contribution in [0.3, 0.4) is 0 Å². The zero-order valence-electron chi connectivity index (χ0n) is 32.9. The minimum Gasteiger partial charge on any atom is -0.457 e. The van der Waals surface area contributed by atoms with E-state index in [9.17, 15) is 0 Å². The zero-order chi connectivity index (χ0) is 40.0. The van der Waals surface area contributed by atoms with Crippen molar-refractivity contribution in [3.63, 3.8) is 0 Å². The molecule has 0 spiro atoms. The minimum absolute atomic E-state index is 0.720. The molecule has 5 heteroatoms. The molecule has 60 heavy (non-hydrogen) atoms. The van der Waals surface area contributed by atoms with Crippen LogP contribution in [0.5, 0.6) is 11.5 Å². The highest BCUT2D eigenvalue weighted by Gasteiger charge is 2.41. The summed E-state index contributed by atoms with van der Waals surface area (Å²) in [7, 11) is 0. The molecule has 0 saturated heterocycles.